The first-order valence-electron chi connectivity index (χ1n) is 7.88. The smallest absolute Gasteiger partial charge is 0.114 e. The number of aryl methyl sites for hydroxylation is 2. The highest BCUT2D eigenvalue weighted by atomic mass is 32.1. The van der Waals surface area contributed by atoms with E-state index in [-0.39, 0.29) is 5.54 Å². The molecule has 0 radical (unpaired) electrons. The molecule has 2 fully saturated rings. The molecule has 1 heterocycles. The Morgan fingerprint density at radius 1 is 1.26 bits per heavy atom. The lowest BCUT2D eigenvalue weighted by molar-refractivity contribution is 0.132. The van der Waals surface area contributed by atoms with Crippen molar-refractivity contribution in [3.63, 3.8) is 0 Å². The fourth-order valence-electron chi connectivity index (χ4n) is 3.59. The van der Waals surface area contributed by atoms with Crippen LogP contribution < -0.4 is 5.32 Å². The van der Waals surface area contributed by atoms with Gasteiger partial charge in [-0.3, -0.25) is 0 Å². The monoisotopic (exact) mass is 278 g/mol. The van der Waals surface area contributed by atoms with Crippen molar-refractivity contribution >= 4 is 11.3 Å². The summed E-state index contributed by atoms with van der Waals surface area (Å²) >= 11 is 1.93. The normalized spacial score (nSPS) is 31.6. The molecule has 2 saturated carbocycles. The van der Waals surface area contributed by atoms with E-state index in [9.17, 15) is 0 Å². The maximum Gasteiger partial charge on any atom is 0.114 e. The quantitative estimate of drug-likeness (QED) is 0.888. The third kappa shape index (κ3) is 2.47. The first kappa shape index (κ1) is 13.6. The fourth-order valence-corrected chi connectivity index (χ4v) is 4.76. The van der Waals surface area contributed by atoms with Gasteiger partial charge in [0.05, 0.1) is 11.2 Å². The average molecular weight is 278 g/mol. The molecule has 0 spiro atoms. The summed E-state index contributed by atoms with van der Waals surface area (Å²) in [6.45, 7) is 6.72. The minimum Gasteiger partial charge on any atom is -0.302 e. The predicted molar refractivity (Wildman–Crippen MR) is 81.7 cm³/mol. The Balaban J connectivity index is 1.98. The van der Waals surface area contributed by atoms with Crippen LogP contribution in [0.1, 0.15) is 67.4 Å². The van der Waals surface area contributed by atoms with Crippen LogP contribution in [0.3, 0.4) is 0 Å². The van der Waals surface area contributed by atoms with Crippen LogP contribution >= 0.6 is 11.3 Å². The van der Waals surface area contributed by atoms with Gasteiger partial charge in [0, 0.05) is 10.9 Å². The van der Waals surface area contributed by atoms with Crippen molar-refractivity contribution in [3.8, 4) is 0 Å². The van der Waals surface area contributed by atoms with Gasteiger partial charge in [-0.25, -0.2) is 4.98 Å². The molecular formula is C16H26N2S. The molecule has 3 rings (SSSR count). The Morgan fingerprint density at radius 2 is 2.05 bits per heavy atom. The first-order chi connectivity index (χ1) is 9.15. The van der Waals surface area contributed by atoms with E-state index in [1.807, 2.05) is 11.3 Å². The largest absolute Gasteiger partial charge is 0.302 e. The van der Waals surface area contributed by atoms with Crippen molar-refractivity contribution in [1.82, 2.24) is 10.3 Å². The molecule has 0 saturated heterocycles. The van der Waals surface area contributed by atoms with Crippen LogP contribution in [0.15, 0.2) is 0 Å². The zero-order chi connectivity index (χ0) is 13.5. The van der Waals surface area contributed by atoms with Gasteiger partial charge in [-0.15, -0.1) is 11.3 Å². The zero-order valence-corrected chi connectivity index (χ0v) is 13.3. The minimum absolute atomic E-state index is 0.192. The SMILES string of the molecule is CCC1CCCCC1(NC1CC1)c1nc(C)c(C)s1. The molecule has 0 amide bonds. The molecule has 1 N–H and O–H groups in total. The topological polar surface area (TPSA) is 24.9 Å². The molecule has 106 valence electrons. The van der Waals surface area contributed by atoms with E-state index in [0.717, 1.165) is 12.0 Å². The van der Waals surface area contributed by atoms with Crippen molar-refractivity contribution < 1.29 is 0 Å². The van der Waals surface area contributed by atoms with Gasteiger partial charge < -0.3 is 5.32 Å². The third-order valence-corrected chi connectivity index (χ3v) is 6.26. The Hall–Kier alpha value is -0.410. The van der Waals surface area contributed by atoms with Gasteiger partial charge >= 0.3 is 0 Å². The zero-order valence-electron chi connectivity index (χ0n) is 12.5. The van der Waals surface area contributed by atoms with Crippen molar-refractivity contribution in [3.05, 3.63) is 15.6 Å². The maximum atomic E-state index is 4.94. The highest BCUT2D eigenvalue weighted by Crippen LogP contribution is 2.46. The molecule has 2 unspecified atom stereocenters. The number of rotatable bonds is 4. The van der Waals surface area contributed by atoms with Crippen molar-refractivity contribution in [2.75, 3.05) is 0 Å². The summed E-state index contributed by atoms with van der Waals surface area (Å²) in [5, 5.41) is 5.39. The second-order valence-corrected chi connectivity index (χ2v) is 7.60. The van der Waals surface area contributed by atoms with Crippen LogP contribution in [0.4, 0.5) is 0 Å². The van der Waals surface area contributed by atoms with Crippen molar-refractivity contribution in [2.45, 2.75) is 77.3 Å². The number of aromatic nitrogens is 1. The minimum atomic E-state index is 0.192. The number of hydrogen-bond donors (Lipinski definition) is 1. The molecule has 19 heavy (non-hydrogen) atoms. The van der Waals surface area contributed by atoms with E-state index in [1.54, 1.807) is 0 Å². The Labute approximate surface area is 121 Å². The lowest BCUT2D eigenvalue weighted by Gasteiger charge is -2.43. The highest BCUT2D eigenvalue weighted by Gasteiger charge is 2.46. The van der Waals surface area contributed by atoms with Gasteiger partial charge in [0.1, 0.15) is 5.01 Å². The van der Waals surface area contributed by atoms with Crippen LogP contribution in [-0.2, 0) is 5.54 Å². The summed E-state index contributed by atoms with van der Waals surface area (Å²) in [4.78, 5) is 6.34. The molecule has 0 bridgehead atoms. The summed E-state index contributed by atoms with van der Waals surface area (Å²) in [6.07, 6.45) is 9.41. The average Bonchev–Trinajstić information content (AvgIpc) is 3.15. The van der Waals surface area contributed by atoms with Gasteiger partial charge in [0.2, 0.25) is 0 Å². The molecule has 0 aromatic carbocycles. The van der Waals surface area contributed by atoms with E-state index in [4.69, 9.17) is 4.98 Å². The molecule has 1 aromatic rings. The van der Waals surface area contributed by atoms with E-state index in [1.165, 1.54) is 60.5 Å². The molecule has 2 nitrogen and oxygen atoms in total. The Kier molecular flexibility index (Phi) is 3.69. The summed E-state index contributed by atoms with van der Waals surface area (Å²) < 4.78 is 0. The molecular weight excluding hydrogens is 252 g/mol. The van der Waals surface area contributed by atoms with Crippen LogP contribution in [0, 0.1) is 19.8 Å². The Morgan fingerprint density at radius 3 is 2.63 bits per heavy atom. The van der Waals surface area contributed by atoms with Gasteiger partial charge in [0.15, 0.2) is 0 Å². The second kappa shape index (κ2) is 5.17. The molecule has 2 aliphatic carbocycles. The summed E-state index contributed by atoms with van der Waals surface area (Å²) in [6, 6.07) is 0.761. The molecule has 1 aromatic heterocycles. The summed E-state index contributed by atoms with van der Waals surface area (Å²) in [5.41, 5.74) is 1.43. The Bertz CT molecular complexity index is 430. The number of thiazole rings is 1. The first-order valence-corrected chi connectivity index (χ1v) is 8.69. The lowest BCUT2D eigenvalue weighted by atomic mass is 9.71. The molecule has 2 atom stereocenters. The number of nitrogens with one attached hydrogen (secondary N) is 1. The van der Waals surface area contributed by atoms with Crippen molar-refractivity contribution in [2.24, 2.45) is 5.92 Å². The molecule has 3 heteroatoms. The lowest BCUT2D eigenvalue weighted by Crippen LogP contribution is -2.51. The summed E-state index contributed by atoms with van der Waals surface area (Å²) in [7, 11) is 0. The van der Waals surface area contributed by atoms with Crippen LogP contribution in [0.5, 0.6) is 0 Å². The van der Waals surface area contributed by atoms with E-state index in [2.05, 4.69) is 26.1 Å². The van der Waals surface area contributed by atoms with Gasteiger partial charge in [-0.05, 0) is 45.4 Å². The van der Waals surface area contributed by atoms with Gasteiger partial charge in [-0.1, -0.05) is 26.2 Å². The highest BCUT2D eigenvalue weighted by molar-refractivity contribution is 7.11. The summed E-state index contributed by atoms with van der Waals surface area (Å²) in [5.74, 6) is 0.770. The molecule has 0 aliphatic heterocycles. The van der Waals surface area contributed by atoms with Crippen molar-refractivity contribution in [1.29, 1.82) is 0 Å². The van der Waals surface area contributed by atoms with E-state index in [0.29, 0.717) is 0 Å². The second-order valence-electron chi connectivity index (χ2n) is 6.40. The number of nitrogens with zero attached hydrogens (tertiary/aromatic N) is 1. The molecule has 2 aliphatic rings. The van der Waals surface area contributed by atoms with Gasteiger partial charge in [0.25, 0.3) is 0 Å². The van der Waals surface area contributed by atoms with Gasteiger partial charge in [-0.2, -0.15) is 0 Å². The predicted octanol–water partition coefficient (Wildman–Crippen LogP) is 4.31. The third-order valence-electron chi connectivity index (χ3n) is 5.01. The fraction of sp³-hybridized carbons (Fsp3) is 0.812. The maximum absolute atomic E-state index is 4.94. The van der Waals surface area contributed by atoms with Crippen LogP contribution in [-0.4, -0.2) is 11.0 Å². The standard InChI is InChI=1S/C16H26N2S/c1-4-13-7-5-6-10-16(13,18-14-8-9-14)15-17-11(2)12(3)19-15/h13-14,18H,4-10H2,1-3H3. The van der Waals surface area contributed by atoms with E-state index >= 15 is 0 Å². The number of hydrogen-bond acceptors (Lipinski definition) is 3. The van der Waals surface area contributed by atoms with Crippen LogP contribution in [0.2, 0.25) is 0 Å². The van der Waals surface area contributed by atoms with E-state index < -0.39 is 0 Å². The van der Waals surface area contributed by atoms with Crippen LogP contribution in [0.25, 0.3) is 0 Å².